The monoisotopic (exact) mass is 376 g/mol. The van der Waals surface area contributed by atoms with Crippen LogP contribution < -0.4 is 5.32 Å². The Bertz CT molecular complexity index is 1090. The molecule has 3 aromatic heterocycles. The molecule has 3 heterocycles. The summed E-state index contributed by atoms with van der Waals surface area (Å²) in [5, 5.41) is 20.9. The molecule has 0 aliphatic heterocycles. The van der Waals surface area contributed by atoms with Crippen LogP contribution in [0.15, 0.2) is 65.4 Å². The molecule has 4 aromatic rings. The third-order valence-electron chi connectivity index (χ3n) is 3.73. The third kappa shape index (κ3) is 3.04. The molecule has 0 spiro atoms. The Morgan fingerprint density at radius 2 is 1.92 bits per heavy atom. The van der Waals surface area contributed by atoms with Crippen LogP contribution in [0.3, 0.4) is 0 Å². The summed E-state index contributed by atoms with van der Waals surface area (Å²) in [5.74, 6) is -0.303. The van der Waals surface area contributed by atoms with Gasteiger partial charge in [-0.2, -0.15) is 10.4 Å². The minimum atomic E-state index is -0.303. The molecule has 5 nitrogen and oxygen atoms in total. The fourth-order valence-electron chi connectivity index (χ4n) is 2.51. The maximum atomic E-state index is 12.9. The van der Waals surface area contributed by atoms with Crippen molar-refractivity contribution < 1.29 is 4.79 Å². The number of aromatic nitrogens is 2. The minimum Gasteiger partial charge on any atom is -0.311 e. The van der Waals surface area contributed by atoms with E-state index >= 15 is 0 Å². The highest BCUT2D eigenvalue weighted by Crippen LogP contribution is 2.27. The quantitative estimate of drug-likeness (QED) is 0.557. The minimum absolute atomic E-state index is 0.303. The van der Waals surface area contributed by atoms with E-state index in [9.17, 15) is 4.79 Å². The molecular formula is C19H12N4OS2. The van der Waals surface area contributed by atoms with Crippen LogP contribution in [-0.2, 0) is 0 Å². The topological polar surface area (TPSA) is 70.7 Å². The highest BCUT2D eigenvalue weighted by atomic mass is 32.1. The van der Waals surface area contributed by atoms with Crippen LogP contribution in [-0.4, -0.2) is 15.7 Å². The average Bonchev–Trinajstić information content (AvgIpc) is 3.41. The van der Waals surface area contributed by atoms with Crippen molar-refractivity contribution in [2.24, 2.45) is 0 Å². The van der Waals surface area contributed by atoms with E-state index in [1.807, 2.05) is 47.8 Å². The van der Waals surface area contributed by atoms with Gasteiger partial charge in [-0.15, -0.1) is 22.7 Å². The fraction of sp³-hybridized carbons (Fsp3) is 0. The lowest BCUT2D eigenvalue weighted by molar-refractivity contribution is 0.102. The molecule has 0 radical (unpaired) electrons. The molecule has 0 atom stereocenters. The second kappa shape index (κ2) is 6.96. The van der Waals surface area contributed by atoms with Crippen LogP contribution >= 0.6 is 22.7 Å². The van der Waals surface area contributed by atoms with Gasteiger partial charge in [0, 0.05) is 0 Å². The number of thiophene rings is 2. The summed E-state index contributed by atoms with van der Waals surface area (Å²) in [7, 11) is 0. The van der Waals surface area contributed by atoms with Crippen LogP contribution in [0.5, 0.6) is 0 Å². The van der Waals surface area contributed by atoms with Gasteiger partial charge in [0.25, 0.3) is 5.91 Å². The summed E-state index contributed by atoms with van der Waals surface area (Å²) in [6.07, 6.45) is 0. The lowest BCUT2D eigenvalue weighted by Crippen LogP contribution is -2.16. The number of benzene rings is 1. The molecule has 0 unspecified atom stereocenters. The van der Waals surface area contributed by atoms with Gasteiger partial charge in [-0.25, -0.2) is 4.68 Å². The lowest BCUT2D eigenvalue weighted by atomic mass is 10.2. The highest BCUT2D eigenvalue weighted by Gasteiger charge is 2.19. The first-order valence-corrected chi connectivity index (χ1v) is 9.50. The van der Waals surface area contributed by atoms with Crippen molar-refractivity contribution in [3.05, 3.63) is 76.6 Å². The van der Waals surface area contributed by atoms with Gasteiger partial charge in [0.1, 0.15) is 22.5 Å². The van der Waals surface area contributed by atoms with E-state index in [4.69, 9.17) is 5.26 Å². The smallest absolute Gasteiger partial charge is 0.275 e. The van der Waals surface area contributed by atoms with Crippen molar-refractivity contribution in [3.8, 4) is 22.3 Å². The molecule has 0 saturated heterocycles. The van der Waals surface area contributed by atoms with Crippen LogP contribution in [0.25, 0.3) is 16.3 Å². The van der Waals surface area contributed by atoms with Gasteiger partial charge in [-0.1, -0.05) is 24.3 Å². The van der Waals surface area contributed by atoms with E-state index in [-0.39, 0.29) is 5.91 Å². The van der Waals surface area contributed by atoms with Crippen LogP contribution in [0.4, 0.5) is 5.00 Å². The summed E-state index contributed by atoms with van der Waals surface area (Å²) in [6, 6.07) is 19.0. The first-order valence-electron chi connectivity index (χ1n) is 7.74. The second-order valence-electron chi connectivity index (χ2n) is 5.37. The summed E-state index contributed by atoms with van der Waals surface area (Å²) < 4.78 is 1.63. The lowest BCUT2D eigenvalue weighted by Gasteiger charge is -2.07. The normalized spacial score (nSPS) is 10.4. The van der Waals surface area contributed by atoms with Crippen LogP contribution in [0.1, 0.15) is 16.1 Å². The largest absolute Gasteiger partial charge is 0.311 e. The number of hydrogen-bond donors (Lipinski definition) is 1. The van der Waals surface area contributed by atoms with E-state index in [1.165, 1.54) is 11.3 Å². The first-order chi connectivity index (χ1) is 12.8. The van der Waals surface area contributed by atoms with Crippen molar-refractivity contribution >= 4 is 33.6 Å². The van der Waals surface area contributed by atoms with Gasteiger partial charge in [0.2, 0.25) is 0 Å². The van der Waals surface area contributed by atoms with Gasteiger partial charge in [-0.3, -0.25) is 4.79 Å². The molecule has 1 aromatic carbocycles. The Morgan fingerprint density at radius 1 is 1.08 bits per heavy atom. The Morgan fingerprint density at radius 3 is 2.65 bits per heavy atom. The van der Waals surface area contributed by atoms with Crippen molar-refractivity contribution in [3.63, 3.8) is 0 Å². The zero-order valence-electron chi connectivity index (χ0n) is 13.4. The molecule has 0 aliphatic carbocycles. The van der Waals surface area contributed by atoms with E-state index in [1.54, 1.807) is 33.5 Å². The van der Waals surface area contributed by atoms with Gasteiger partial charge in [0.05, 0.1) is 16.1 Å². The summed E-state index contributed by atoms with van der Waals surface area (Å²) in [5.41, 5.74) is 2.40. The summed E-state index contributed by atoms with van der Waals surface area (Å²) >= 11 is 2.89. The third-order valence-corrected chi connectivity index (χ3v) is 5.45. The second-order valence-corrected chi connectivity index (χ2v) is 7.23. The molecule has 0 fully saturated rings. The number of carbonyl (C=O) groups is 1. The molecule has 26 heavy (non-hydrogen) atoms. The number of para-hydroxylation sites is 1. The molecule has 0 aliphatic rings. The summed E-state index contributed by atoms with van der Waals surface area (Å²) in [4.78, 5) is 13.9. The molecule has 0 bridgehead atoms. The zero-order chi connectivity index (χ0) is 17.9. The van der Waals surface area contributed by atoms with E-state index in [2.05, 4.69) is 16.5 Å². The maximum Gasteiger partial charge on any atom is 0.275 e. The van der Waals surface area contributed by atoms with Crippen LogP contribution in [0.2, 0.25) is 0 Å². The molecule has 126 valence electrons. The van der Waals surface area contributed by atoms with Crippen molar-refractivity contribution in [1.82, 2.24) is 9.78 Å². The Hall–Kier alpha value is -3.21. The van der Waals surface area contributed by atoms with Gasteiger partial charge in [0.15, 0.2) is 0 Å². The molecule has 7 heteroatoms. The highest BCUT2D eigenvalue weighted by molar-refractivity contribution is 7.14. The van der Waals surface area contributed by atoms with E-state index in [0.29, 0.717) is 16.3 Å². The van der Waals surface area contributed by atoms with Crippen molar-refractivity contribution in [1.29, 1.82) is 5.26 Å². The number of carbonyl (C=O) groups excluding carboxylic acids is 1. The number of hydrogen-bond acceptors (Lipinski definition) is 5. The fourth-order valence-corrected chi connectivity index (χ4v) is 3.93. The molecular weight excluding hydrogens is 364 g/mol. The molecule has 1 N–H and O–H groups in total. The van der Waals surface area contributed by atoms with Crippen molar-refractivity contribution in [2.75, 3.05) is 5.32 Å². The van der Waals surface area contributed by atoms with E-state index < -0.39 is 0 Å². The number of nitrogens with one attached hydrogen (secondary N) is 1. The van der Waals surface area contributed by atoms with E-state index in [0.717, 1.165) is 16.3 Å². The van der Waals surface area contributed by atoms with Gasteiger partial charge >= 0.3 is 0 Å². The van der Waals surface area contributed by atoms with Crippen molar-refractivity contribution in [2.45, 2.75) is 0 Å². The standard InChI is InChI=1S/C19H12N4OS2/c20-12-13-8-10-26-19(13)21-18(24)16-11-15(17-7-4-9-25-17)22-23(16)14-5-2-1-3-6-14/h1-11H,(H,21,24). The number of nitriles is 1. The Balaban J connectivity index is 1.76. The number of anilines is 1. The zero-order valence-corrected chi connectivity index (χ0v) is 15.1. The molecule has 1 amide bonds. The number of amides is 1. The maximum absolute atomic E-state index is 12.9. The molecule has 0 saturated carbocycles. The van der Waals surface area contributed by atoms with Gasteiger partial charge in [-0.05, 0) is 41.1 Å². The number of rotatable bonds is 4. The first kappa shape index (κ1) is 16.3. The van der Waals surface area contributed by atoms with Gasteiger partial charge < -0.3 is 5.32 Å². The Kier molecular flexibility index (Phi) is 4.35. The number of nitrogens with zero attached hydrogens (tertiary/aromatic N) is 3. The van der Waals surface area contributed by atoms with Crippen LogP contribution in [0, 0.1) is 11.3 Å². The molecule has 4 rings (SSSR count). The summed E-state index contributed by atoms with van der Waals surface area (Å²) in [6.45, 7) is 0. The Labute approximate surface area is 157 Å². The average molecular weight is 376 g/mol. The predicted molar refractivity (Wildman–Crippen MR) is 104 cm³/mol. The SMILES string of the molecule is N#Cc1ccsc1NC(=O)c1cc(-c2cccs2)nn1-c1ccccc1. The predicted octanol–water partition coefficient (Wildman–Crippen LogP) is 4.79.